The van der Waals surface area contributed by atoms with Gasteiger partial charge in [0.05, 0.1) is 0 Å². The van der Waals surface area contributed by atoms with Crippen LogP contribution in [0.2, 0.25) is 0 Å². The molecule has 1 aromatic heterocycles. The average Bonchev–Trinajstić information content (AvgIpc) is 3.10. The summed E-state index contributed by atoms with van der Waals surface area (Å²) in [5.41, 5.74) is 2.51. The number of nitrogens with one attached hydrogen (secondary N) is 1. The largest absolute Gasteiger partial charge is 0.486 e. The summed E-state index contributed by atoms with van der Waals surface area (Å²) in [6.07, 6.45) is 4.43. The van der Waals surface area contributed by atoms with Gasteiger partial charge in [-0.15, -0.1) is 11.3 Å². The number of nitrogens with zero attached hydrogens (tertiary/aromatic N) is 1. The van der Waals surface area contributed by atoms with Gasteiger partial charge in [-0.1, -0.05) is 17.7 Å². The SMILES string of the molecule is Cc1ccc(OCc2nccs2)c(CNC2CC2)c1. The predicted molar refractivity (Wildman–Crippen MR) is 77.5 cm³/mol. The molecular formula is C15H18N2OS. The molecule has 3 rings (SSSR count). The van der Waals surface area contributed by atoms with E-state index in [0.29, 0.717) is 12.6 Å². The lowest BCUT2D eigenvalue weighted by molar-refractivity contribution is 0.301. The summed E-state index contributed by atoms with van der Waals surface area (Å²) in [6.45, 7) is 3.56. The van der Waals surface area contributed by atoms with Crippen molar-refractivity contribution in [2.24, 2.45) is 0 Å². The van der Waals surface area contributed by atoms with Gasteiger partial charge in [0.25, 0.3) is 0 Å². The molecule has 4 heteroatoms. The van der Waals surface area contributed by atoms with Gasteiger partial charge in [-0.05, 0) is 25.8 Å². The van der Waals surface area contributed by atoms with E-state index >= 15 is 0 Å². The first-order valence-corrected chi connectivity index (χ1v) is 7.53. The normalized spacial score (nSPS) is 14.6. The molecule has 0 bridgehead atoms. The number of hydrogen-bond donors (Lipinski definition) is 1. The molecule has 0 unspecified atom stereocenters. The molecule has 1 saturated carbocycles. The number of ether oxygens (including phenoxy) is 1. The van der Waals surface area contributed by atoms with Crippen LogP contribution in [-0.4, -0.2) is 11.0 Å². The molecule has 0 atom stereocenters. The first-order valence-electron chi connectivity index (χ1n) is 6.65. The van der Waals surface area contributed by atoms with Crippen LogP contribution in [0.1, 0.15) is 29.0 Å². The fourth-order valence-electron chi connectivity index (χ4n) is 1.99. The molecule has 3 nitrogen and oxygen atoms in total. The van der Waals surface area contributed by atoms with Crippen molar-refractivity contribution in [1.29, 1.82) is 0 Å². The smallest absolute Gasteiger partial charge is 0.140 e. The maximum Gasteiger partial charge on any atom is 0.140 e. The molecule has 1 aromatic carbocycles. The highest BCUT2D eigenvalue weighted by atomic mass is 32.1. The van der Waals surface area contributed by atoms with Crippen LogP contribution in [0, 0.1) is 6.92 Å². The van der Waals surface area contributed by atoms with E-state index < -0.39 is 0 Å². The Hall–Kier alpha value is -1.39. The minimum absolute atomic E-state index is 0.553. The lowest BCUT2D eigenvalue weighted by atomic mass is 10.1. The van der Waals surface area contributed by atoms with Gasteiger partial charge in [0.15, 0.2) is 0 Å². The van der Waals surface area contributed by atoms with Crippen LogP contribution in [0.3, 0.4) is 0 Å². The van der Waals surface area contributed by atoms with Crippen molar-refractivity contribution in [2.45, 2.75) is 39.0 Å². The molecule has 0 spiro atoms. The second-order valence-corrected chi connectivity index (χ2v) is 5.96. The third kappa shape index (κ3) is 3.55. The minimum atomic E-state index is 0.553. The molecule has 1 N–H and O–H groups in total. The fraction of sp³-hybridized carbons (Fsp3) is 0.400. The highest BCUT2D eigenvalue weighted by Gasteiger charge is 2.20. The summed E-state index contributed by atoms with van der Waals surface area (Å²) in [5.74, 6) is 0.967. The zero-order valence-electron chi connectivity index (χ0n) is 11.1. The van der Waals surface area contributed by atoms with Crippen molar-refractivity contribution in [3.05, 3.63) is 45.9 Å². The molecule has 1 fully saturated rings. The van der Waals surface area contributed by atoms with E-state index in [9.17, 15) is 0 Å². The van der Waals surface area contributed by atoms with Gasteiger partial charge in [0.2, 0.25) is 0 Å². The van der Waals surface area contributed by atoms with Crippen LogP contribution in [0.25, 0.3) is 0 Å². The van der Waals surface area contributed by atoms with Gasteiger partial charge in [0, 0.05) is 29.7 Å². The van der Waals surface area contributed by atoms with Crippen molar-refractivity contribution < 1.29 is 4.74 Å². The zero-order valence-corrected chi connectivity index (χ0v) is 11.9. The summed E-state index contributed by atoms with van der Waals surface area (Å²) >= 11 is 1.63. The second kappa shape index (κ2) is 5.72. The molecule has 100 valence electrons. The fourth-order valence-corrected chi connectivity index (χ4v) is 2.52. The first kappa shape index (κ1) is 12.6. The lowest BCUT2D eigenvalue weighted by Gasteiger charge is -2.12. The number of hydrogen-bond acceptors (Lipinski definition) is 4. The first-order chi connectivity index (χ1) is 9.31. The molecule has 0 radical (unpaired) electrons. The molecule has 0 saturated heterocycles. The Morgan fingerprint density at radius 2 is 2.32 bits per heavy atom. The summed E-state index contributed by atoms with van der Waals surface area (Å²) in [6, 6.07) is 7.07. The number of benzene rings is 1. The van der Waals surface area contributed by atoms with Crippen LogP contribution in [-0.2, 0) is 13.2 Å². The van der Waals surface area contributed by atoms with E-state index in [4.69, 9.17) is 4.74 Å². The molecule has 19 heavy (non-hydrogen) atoms. The molecular weight excluding hydrogens is 256 g/mol. The molecule has 1 aliphatic rings. The average molecular weight is 274 g/mol. The molecule has 2 aromatic rings. The minimum Gasteiger partial charge on any atom is -0.486 e. The van der Waals surface area contributed by atoms with E-state index in [1.807, 2.05) is 11.6 Å². The van der Waals surface area contributed by atoms with Crippen molar-refractivity contribution in [3.63, 3.8) is 0 Å². The Morgan fingerprint density at radius 1 is 1.42 bits per heavy atom. The van der Waals surface area contributed by atoms with Gasteiger partial charge in [-0.3, -0.25) is 0 Å². The maximum atomic E-state index is 5.90. The van der Waals surface area contributed by atoms with Gasteiger partial charge in [-0.2, -0.15) is 0 Å². The highest BCUT2D eigenvalue weighted by molar-refractivity contribution is 7.09. The van der Waals surface area contributed by atoms with Crippen molar-refractivity contribution in [3.8, 4) is 5.75 Å². The Labute approximate surface area is 117 Å². The number of aromatic nitrogens is 1. The van der Waals surface area contributed by atoms with Crippen LogP contribution in [0.15, 0.2) is 29.8 Å². The van der Waals surface area contributed by atoms with Crippen LogP contribution >= 0.6 is 11.3 Å². The van der Waals surface area contributed by atoms with Crippen LogP contribution < -0.4 is 10.1 Å². The molecule has 1 aliphatic carbocycles. The summed E-state index contributed by atoms with van der Waals surface area (Å²) in [7, 11) is 0. The molecule has 0 aliphatic heterocycles. The van der Waals surface area contributed by atoms with E-state index in [2.05, 4.69) is 35.4 Å². The maximum absolute atomic E-state index is 5.90. The Bertz CT molecular complexity index is 535. The topological polar surface area (TPSA) is 34.1 Å². The Balaban J connectivity index is 1.67. The van der Waals surface area contributed by atoms with Gasteiger partial charge < -0.3 is 10.1 Å². The van der Waals surface area contributed by atoms with Crippen molar-refractivity contribution in [1.82, 2.24) is 10.3 Å². The number of rotatable bonds is 6. The van der Waals surface area contributed by atoms with Crippen LogP contribution in [0.4, 0.5) is 0 Å². The van der Waals surface area contributed by atoms with Gasteiger partial charge in [-0.25, -0.2) is 4.98 Å². The molecule has 0 amide bonds. The Kier molecular flexibility index (Phi) is 3.80. The van der Waals surface area contributed by atoms with Gasteiger partial charge in [0.1, 0.15) is 17.4 Å². The Morgan fingerprint density at radius 3 is 3.05 bits per heavy atom. The molecule has 1 heterocycles. The van der Waals surface area contributed by atoms with Crippen molar-refractivity contribution in [2.75, 3.05) is 0 Å². The predicted octanol–water partition coefficient (Wildman–Crippen LogP) is 3.28. The third-order valence-corrected chi connectivity index (χ3v) is 3.96. The summed E-state index contributed by atoms with van der Waals surface area (Å²) in [4.78, 5) is 4.24. The van der Waals surface area contributed by atoms with E-state index in [-0.39, 0.29) is 0 Å². The zero-order chi connectivity index (χ0) is 13.1. The third-order valence-electron chi connectivity index (χ3n) is 3.21. The van der Waals surface area contributed by atoms with E-state index in [0.717, 1.165) is 17.3 Å². The monoisotopic (exact) mass is 274 g/mol. The van der Waals surface area contributed by atoms with Gasteiger partial charge >= 0.3 is 0 Å². The standard InChI is InChI=1S/C15H18N2OS/c1-11-2-5-14(18-10-15-16-6-7-19-15)12(8-11)9-17-13-3-4-13/h2,5-8,13,17H,3-4,9-10H2,1H3. The summed E-state index contributed by atoms with van der Waals surface area (Å²) in [5, 5.41) is 6.53. The van der Waals surface area contributed by atoms with Crippen LogP contribution in [0.5, 0.6) is 5.75 Å². The number of aryl methyl sites for hydroxylation is 1. The van der Waals surface area contributed by atoms with E-state index in [1.165, 1.54) is 24.0 Å². The second-order valence-electron chi connectivity index (χ2n) is 4.98. The highest BCUT2D eigenvalue weighted by Crippen LogP contribution is 2.24. The summed E-state index contributed by atoms with van der Waals surface area (Å²) < 4.78 is 5.90. The van der Waals surface area contributed by atoms with E-state index in [1.54, 1.807) is 11.3 Å². The number of thiazole rings is 1. The quantitative estimate of drug-likeness (QED) is 0.877. The lowest BCUT2D eigenvalue weighted by Crippen LogP contribution is -2.16. The van der Waals surface area contributed by atoms with Crippen molar-refractivity contribution >= 4 is 11.3 Å².